The van der Waals surface area contributed by atoms with Gasteiger partial charge in [-0.1, -0.05) is 59.3 Å². The number of halogens is 2. The summed E-state index contributed by atoms with van der Waals surface area (Å²) in [7, 11) is 0. The Kier molecular flexibility index (Phi) is 4.51. The molecule has 0 amide bonds. The molecule has 1 saturated carbocycles. The smallest absolute Gasteiger partial charge is 0.0688 e. The molecule has 0 aliphatic heterocycles. The first-order valence-electron chi connectivity index (χ1n) is 6.25. The second kappa shape index (κ2) is 5.73. The van der Waals surface area contributed by atoms with Gasteiger partial charge in [0, 0.05) is 15.9 Å². The first kappa shape index (κ1) is 13.4. The van der Waals surface area contributed by atoms with Gasteiger partial charge in [-0.3, -0.25) is 0 Å². The first-order chi connectivity index (χ1) is 8.09. The van der Waals surface area contributed by atoms with Gasteiger partial charge in [-0.2, -0.15) is 0 Å². The summed E-state index contributed by atoms with van der Waals surface area (Å²) >= 11 is 9.61. The molecular weight excluding hydrogens is 300 g/mol. The topological polar surface area (TPSA) is 20.2 Å². The molecule has 1 fully saturated rings. The molecular formula is C14H18BrClO. The molecule has 1 nitrogen and oxygen atoms in total. The average molecular weight is 318 g/mol. The predicted octanol–water partition coefficient (Wildman–Crippen LogP) is 4.73. The Bertz CT molecular complexity index is 384. The Morgan fingerprint density at radius 2 is 1.82 bits per heavy atom. The van der Waals surface area contributed by atoms with Crippen molar-refractivity contribution in [2.24, 2.45) is 0 Å². The van der Waals surface area contributed by atoms with Gasteiger partial charge in [-0.05, 0) is 30.5 Å². The van der Waals surface area contributed by atoms with Crippen LogP contribution < -0.4 is 0 Å². The van der Waals surface area contributed by atoms with Crippen LogP contribution in [0.25, 0.3) is 0 Å². The minimum atomic E-state index is -0.548. The molecule has 0 heterocycles. The van der Waals surface area contributed by atoms with Gasteiger partial charge < -0.3 is 5.11 Å². The number of benzene rings is 1. The fourth-order valence-corrected chi connectivity index (χ4v) is 3.32. The molecule has 0 unspecified atom stereocenters. The summed E-state index contributed by atoms with van der Waals surface area (Å²) in [5, 5.41) is 11.4. The van der Waals surface area contributed by atoms with Crippen molar-refractivity contribution in [3.05, 3.63) is 33.3 Å². The van der Waals surface area contributed by atoms with Crippen molar-refractivity contribution >= 4 is 27.5 Å². The number of hydrogen-bond donors (Lipinski definition) is 1. The number of aliphatic hydroxyl groups is 1. The number of hydrogen-bond acceptors (Lipinski definition) is 1. The molecule has 17 heavy (non-hydrogen) atoms. The van der Waals surface area contributed by atoms with Crippen molar-refractivity contribution in [2.45, 2.75) is 50.5 Å². The van der Waals surface area contributed by atoms with Crippen LogP contribution in [-0.4, -0.2) is 10.7 Å². The molecule has 1 N–H and O–H groups in total. The maximum atomic E-state index is 10.6. The molecule has 0 radical (unpaired) electrons. The molecule has 0 atom stereocenters. The largest absolute Gasteiger partial charge is 0.390 e. The highest BCUT2D eigenvalue weighted by Crippen LogP contribution is 2.32. The van der Waals surface area contributed by atoms with E-state index in [-0.39, 0.29) is 0 Å². The summed E-state index contributed by atoms with van der Waals surface area (Å²) in [4.78, 5) is 0. The third-order valence-electron chi connectivity index (χ3n) is 3.57. The lowest BCUT2D eigenvalue weighted by molar-refractivity contribution is 0.0253. The maximum Gasteiger partial charge on any atom is 0.0688 e. The molecule has 0 spiro atoms. The van der Waals surface area contributed by atoms with E-state index in [1.54, 1.807) is 0 Å². The zero-order valence-electron chi connectivity index (χ0n) is 9.88. The van der Waals surface area contributed by atoms with E-state index in [0.29, 0.717) is 6.42 Å². The summed E-state index contributed by atoms with van der Waals surface area (Å²) in [5.41, 5.74) is 0.507. The molecule has 0 aromatic heterocycles. The first-order valence-corrected chi connectivity index (χ1v) is 7.42. The van der Waals surface area contributed by atoms with Crippen LogP contribution >= 0.6 is 27.5 Å². The van der Waals surface area contributed by atoms with E-state index in [9.17, 15) is 5.11 Å². The predicted molar refractivity (Wildman–Crippen MR) is 75.5 cm³/mol. The lowest BCUT2D eigenvalue weighted by atomic mass is 9.87. The molecule has 94 valence electrons. The summed E-state index contributed by atoms with van der Waals surface area (Å²) < 4.78 is 0.985. The van der Waals surface area contributed by atoms with E-state index >= 15 is 0 Å². The molecule has 0 bridgehead atoms. The second-order valence-corrected chi connectivity index (χ2v) is 6.37. The van der Waals surface area contributed by atoms with Crippen molar-refractivity contribution < 1.29 is 5.11 Å². The van der Waals surface area contributed by atoms with Gasteiger partial charge in [0.1, 0.15) is 0 Å². The van der Waals surface area contributed by atoms with Crippen LogP contribution in [0.15, 0.2) is 22.7 Å². The van der Waals surface area contributed by atoms with E-state index in [4.69, 9.17) is 11.6 Å². The zero-order valence-corrected chi connectivity index (χ0v) is 12.2. The Balaban J connectivity index is 2.12. The van der Waals surface area contributed by atoms with Gasteiger partial charge in [0.15, 0.2) is 0 Å². The van der Waals surface area contributed by atoms with Gasteiger partial charge >= 0.3 is 0 Å². The van der Waals surface area contributed by atoms with Crippen molar-refractivity contribution in [1.82, 2.24) is 0 Å². The number of rotatable bonds is 2. The Hall–Kier alpha value is -0.0500. The third kappa shape index (κ3) is 3.70. The average Bonchev–Trinajstić information content (AvgIpc) is 2.48. The van der Waals surface area contributed by atoms with Crippen molar-refractivity contribution in [1.29, 1.82) is 0 Å². The van der Waals surface area contributed by atoms with Gasteiger partial charge in [-0.15, -0.1) is 0 Å². The lowest BCUT2D eigenvalue weighted by Crippen LogP contribution is -2.30. The SMILES string of the molecule is OC1(Cc2ccc(Br)cc2Cl)CCCCCC1. The minimum Gasteiger partial charge on any atom is -0.390 e. The fraction of sp³-hybridized carbons (Fsp3) is 0.571. The second-order valence-electron chi connectivity index (χ2n) is 5.05. The van der Waals surface area contributed by atoms with Crippen LogP contribution in [0.3, 0.4) is 0 Å². The highest BCUT2D eigenvalue weighted by Gasteiger charge is 2.28. The van der Waals surface area contributed by atoms with Gasteiger partial charge in [-0.25, -0.2) is 0 Å². The maximum absolute atomic E-state index is 10.6. The fourth-order valence-electron chi connectivity index (χ4n) is 2.58. The van der Waals surface area contributed by atoms with Gasteiger partial charge in [0.25, 0.3) is 0 Å². The van der Waals surface area contributed by atoms with Crippen LogP contribution in [0.4, 0.5) is 0 Å². The van der Waals surface area contributed by atoms with Crippen molar-refractivity contribution in [3.63, 3.8) is 0 Å². The summed E-state index contributed by atoms with van der Waals surface area (Å²) in [6, 6.07) is 5.90. The van der Waals surface area contributed by atoms with E-state index in [1.807, 2.05) is 18.2 Å². The van der Waals surface area contributed by atoms with Gasteiger partial charge in [0.05, 0.1) is 5.60 Å². The van der Waals surface area contributed by atoms with Crippen LogP contribution in [0.2, 0.25) is 5.02 Å². The quantitative estimate of drug-likeness (QED) is 0.782. The standard InChI is InChI=1S/C14H18BrClO/c15-12-6-5-11(13(16)9-12)10-14(17)7-3-1-2-4-8-14/h5-6,9,17H,1-4,7-8,10H2. The Morgan fingerprint density at radius 1 is 1.18 bits per heavy atom. The third-order valence-corrected chi connectivity index (χ3v) is 4.41. The molecule has 1 aromatic rings. The molecule has 2 rings (SSSR count). The zero-order chi connectivity index (χ0) is 12.3. The highest BCUT2D eigenvalue weighted by molar-refractivity contribution is 9.10. The van der Waals surface area contributed by atoms with Crippen LogP contribution in [0.1, 0.15) is 44.1 Å². The van der Waals surface area contributed by atoms with Crippen LogP contribution in [0.5, 0.6) is 0 Å². The van der Waals surface area contributed by atoms with Crippen molar-refractivity contribution in [2.75, 3.05) is 0 Å². The van der Waals surface area contributed by atoms with E-state index in [1.165, 1.54) is 12.8 Å². The van der Waals surface area contributed by atoms with Crippen molar-refractivity contribution in [3.8, 4) is 0 Å². The summed E-state index contributed by atoms with van der Waals surface area (Å²) in [5.74, 6) is 0. The van der Waals surface area contributed by atoms with E-state index < -0.39 is 5.60 Å². The lowest BCUT2D eigenvalue weighted by Gasteiger charge is -2.27. The molecule has 3 heteroatoms. The molecule has 1 aliphatic rings. The normalized spacial score (nSPS) is 19.9. The van der Waals surface area contributed by atoms with Crippen LogP contribution in [-0.2, 0) is 6.42 Å². The van der Waals surface area contributed by atoms with E-state index in [2.05, 4.69) is 15.9 Å². The molecule has 1 aliphatic carbocycles. The summed E-state index contributed by atoms with van der Waals surface area (Å²) in [6.07, 6.45) is 7.24. The highest BCUT2D eigenvalue weighted by atomic mass is 79.9. The molecule has 1 aromatic carbocycles. The summed E-state index contributed by atoms with van der Waals surface area (Å²) in [6.45, 7) is 0. The van der Waals surface area contributed by atoms with E-state index in [0.717, 1.165) is 40.7 Å². The van der Waals surface area contributed by atoms with Crippen LogP contribution in [0, 0.1) is 0 Å². The Labute approximate surface area is 116 Å². The minimum absolute atomic E-state index is 0.548. The Morgan fingerprint density at radius 3 is 2.41 bits per heavy atom. The monoisotopic (exact) mass is 316 g/mol. The molecule has 0 saturated heterocycles. The van der Waals surface area contributed by atoms with Gasteiger partial charge in [0.2, 0.25) is 0 Å².